The molecular weight excluding hydrogens is 358 g/mol. The number of rotatable bonds is 9. The van der Waals surface area contributed by atoms with Gasteiger partial charge < -0.3 is 19.5 Å². The zero-order valence-electron chi connectivity index (χ0n) is 16.2. The summed E-state index contributed by atoms with van der Waals surface area (Å²) in [5, 5.41) is 8.79. The Kier molecular flexibility index (Phi) is 5.87. The maximum atomic E-state index is 13.0. The second-order valence-corrected chi connectivity index (χ2v) is 7.08. The minimum atomic E-state index is -1.07. The first kappa shape index (κ1) is 19.7. The van der Waals surface area contributed by atoms with Gasteiger partial charge in [0.15, 0.2) is 18.1 Å². The molecule has 1 N–H and O–H groups in total. The number of likely N-dealkylation sites (N-methyl/N-ethyl adjacent to an activating group) is 1. The fraction of sp³-hybridized carbons (Fsp3) is 0.364. The molecule has 6 nitrogen and oxygen atoms in total. The number of nitrogens with zero attached hydrogens (tertiary/aromatic N) is 1. The molecule has 0 atom stereocenters. The van der Waals surface area contributed by atoms with E-state index >= 15 is 0 Å². The normalized spacial score (nSPS) is 14.2. The standard InChI is InChI=1S/C22H25NO5/c1-3-27-19-13-16(9-10-18(19)28-14-20(24)25)21(26)23(2)15-22(11-12-22)17-7-5-4-6-8-17/h4-10,13H,3,11-12,14-15H2,1-2H3,(H,24,25). The van der Waals surface area contributed by atoms with Crippen molar-refractivity contribution in [2.45, 2.75) is 25.2 Å². The lowest BCUT2D eigenvalue weighted by molar-refractivity contribution is -0.139. The predicted octanol–water partition coefficient (Wildman–Crippen LogP) is 3.35. The van der Waals surface area contributed by atoms with Gasteiger partial charge in [-0.3, -0.25) is 4.79 Å². The van der Waals surface area contributed by atoms with Crippen LogP contribution in [0.4, 0.5) is 0 Å². The summed E-state index contributed by atoms with van der Waals surface area (Å²) in [5.41, 5.74) is 1.79. The zero-order valence-corrected chi connectivity index (χ0v) is 16.2. The summed E-state index contributed by atoms with van der Waals surface area (Å²) in [5.74, 6) is -0.496. The van der Waals surface area contributed by atoms with Crippen LogP contribution in [-0.4, -0.2) is 48.7 Å². The number of aliphatic carboxylic acids is 1. The zero-order chi connectivity index (χ0) is 20.1. The Morgan fingerprint density at radius 1 is 1.07 bits per heavy atom. The molecule has 1 saturated carbocycles. The van der Waals surface area contributed by atoms with Gasteiger partial charge in [0.05, 0.1) is 6.61 Å². The van der Waals surface area contributed by atoms with Crippen LogP contribution in [0.1, 0.15) is 35.7 Å². The van der Waals surface area contributed by atoms with Gasteiger partial charge in [0.25, 0.3) is 5.91 Å². The Hall–Kier alpha value is -3.02. The molecule has 2 aromatic rings. The van der Waals surface area contributed by atoms with Crippen molar-refractivity contribution in [2.24, 2.45) is 0 Å². The number of ether oxygens (including phenoxy) is 2. The molecule has 0 spiro atoms. The highest BCUT2D eigenvalue weighted by molar-refractivity contribution is 5.95. The summed E-state index contributed by atoms with van der Waals surface area (Å²) in [4.78, 5) is 25.4. The first-order chi connectivity index (χ1) is 13.4. The maximum Gasteiger partial charge on any atom is 0.341 e. The Bertz CT molecular complexity index is 845. The quantitative estimate of drug-likeness (QED) is 0.719. The third-order valence-corrected chi connectivity index (χ3v) is 4.97. The summed E-state index contributed by atoms with van der Waals surface area (Å²) in [7, 11) is 1.81. The lowest BCUT2D eigenvalue weighted by Gasteiger charge is -2.25. The first-order valence-corrected chi connectivity index (χ1v) is 9.37. The number of carboxylic acid groups (broad SMARTS) is 1. The van der Waals surface area contributed by atoms with Crippen LogP contribution >= 0.6 is 0 Å². The van der Waals surface area contributed by atoms with Crippen LogP contribution in [0.25, 0.3) is 0 Å². The molecule has 0 aromatic heterocycles. The van der Waals surface area contributed by atoms with Gasteiger partial charge in [0.1, 0.15) is 0 Å². The van der Waals surface area contributed by atoms with Gasteiger partial charge >= 0.3 is 5.97 Å². The first-order valence-electron chi connectivity index (χ1n) is 9.37. The van der Waals surface area contributed by atoms with E-state index in [1.54, 1.807) is 30.1 Å². The lowest BCUT2D eigenvalue weighted by atomic mass is 9.95. The van der Waals surface area contributed by atoms with Gasteiger partial charge in [0.2, 0.25) is 0 Å². The van der Waals surface area contributed by atoms with Crippen LogP contribution in [-0.2, 0) is 10.2 Å². The van der Waals surface area contributed by atoms with E-state index in [1.165, 1.54) is 5.56 Å². The van der Waals surface area contributed by atoms with E-state index in [4.69, 9.17) is 14.6 Å². The average molecular weight is 383 g/mol. The molecule has 1 aliphatic carbocycles. The van der Waals surface area contributed by atoms with Crippen molar-refractivity contribution in [2.75, 3.05) is 26.8 Å². The molecule has 1 aliphatic rings. The van der Waals surface area contributed by atoms with Crippen LogP contribution in [0, 0.1) is 0 Å². The molecule has 1 fully saturated rings. The summed E-state index contributed by atoms with van der Waals surface area (Å²) >= 11 is 0. The van der Waals surface area contributed by atoms with Crippen molar-refractivity contribution in [1.82, 2.24) is 4.90 Å². The Morgan fingerprint density at radius 2 is 1.79 bits per heavy atom. The van der Waals surface area contributed by atoms with Crippen LogP contribution in [0.15, 0.2) is 48.5 Å². The van der Waals surface area contributed by atoms with Gasteiger partial charge in [-0.05, 0) is 43.5 Å². The smallest absolute Gasteiger partial charge is 0.341 e. The molecule has 3 rings (SSSR count). The second kappa shape index (κ2) is 8.33. The highest BCUT2D eigenvalue weighted by Gasteiger charge is 2.45. The monoisotopic (exact) mass is 383 g/mol. The topological polar surface area (TPSA) is 76.1 Å². The molecule has 148 valence electrons. The van der Waals surface area contributed by atoms with Gasteiger partial charge in [-0.25, -0.2) is 4.79 Å². The fourth-order valence-electron chi connectivity index (χ4n) is 3.39. The van der Waals surface area contributed by atoms with Gasteiger partial charge in [-0.2, -0.15) is 0 Å². The Balaban J connectivity index is 1.74. The van der Waals surface area contributed by atoms with E-state index in [1.807, 2.05) is 25.1 Å². The number of carboxylic acids is 1. The van der Waals surface area contributed by atoms with Crippen molar-refractivity contribution in [1.29, 1.82) is 0 Å². The minimum Gasteiger partial charge on any atom is -0.490 e. The fourth-order valence-corrected chi connectivity index (χ4v) is 3.39. The number of carbonyl (C=O) groups excluding carboxylic acids is 1. The summed E-state index contributed by atoms with van der Waals surface area (Å²) in [6.45, 7) is 2.39. The third kappa shape index (κ3) is 4.44. The van der Waals surface area contributed by atoms with Crippen molar-refractivity contribution >= 4 is 11.9 Å². The molecule has 0 saturated heterocycles. The van der Waals surface area contributed by atoms with Crippen LogP contribution < -0.4 is 9.47 Å². The molecular formula is C22H25NO5. The minimum absolute atomic E-state index is 0.0406. The number of hydrogen-bond donors (Lipinski definition) is 1. The van der Waals surface area contributed by atoms with Crippen LogP contribution in [0.2, 0.25) is 0 Å². The van der Waals surface area contributed by atoms with E-state index in [0.717, 1.165) is 12.8 Å². The van der Waals surface area contributed by atoms with E-state index in [9.17, 15) is 9.59 Å². The molecule has 0 aliphatic heterocycles. The van der Waals surface area contributed by atoms with Gasteiger partial charge in [-0.1, -0.05) is 30.3 Å². The highest BCUT2D eigenvalue weighted by Crippen LogP contribution is 2.48. The van der Waals surface area contributed by atoms with Crippen molar-refractivity contribution in [3.8, 4) is 11.5 Å². The molecule has 6 heteroatoms. The van der Waals surface area contributed by atoms with Gasteiger partial charge in [-0.15, -0.1) is 0 Å². The van der Waals surface area contributed by atoms with Crippen LogP contribution in [0.3, 0.4) is 0 Å². The molecule has 2 aromatic carbocycles. The second-order valence-electron chi connectivity index (χ2n) is 7.08. The lowest BCUT2D eigenvalue weighted by Crippen LogP contribution is -2.34. The summed E-state index contributed by atoms with van der Waals surface area (Å²) in [6.07, 6.45) is 2.14. The largest absolute Gasteiger partial charge is 0.490 e. The van der Waals surface area contributed by atoms with Crippen molar-refractivity contribution in [3.05, 3.63) is 59.7 Å². The van der Waals surface area contributed by atoms with Crippen LogP contribution in [0.5, 0.6) is 11.5 Å². The number of amides is 1. The summed E-state index contributed by atoms with van der Waals surface area (Å²) < 4.78 is 10.8. The summed E-state index contributed by atoms with van der Waals surface area (Å²) in [6, 6.07) is 15.1. The predicted molar refractivity (Wildman–Crippen MR) is 105 cm³/mol. The Morgan fingerprint density at radius 3 is 2.39 bits per heavy atom. The van der Waals surface area contributed by atoms with E-state index < -0.39 is 12.6 Å². The van der Waals surface area contributed by atoms with Gasteiger partial charge in [0, 0.05) is 24.6 Å². The molecule has 0 heterocycles. The van der Waals surface area contributed by atoms with E-state index in [2.05, 4.69) is 12.1 Å². The highest BCUT2D eigenvalue weighted by atomic mass is 16.5. The van der Waals surface area contributed by atoms with Crippen molar-refractivity contribution in [3.63, 3.8) is 0 Å². The molecule has 0 unspecified atom stereocenters. The molecule has 0 radical (unpaired) electrons. The van der Waals surface area contributed by atoms with E-state index in [0.29, 0.717) is 30.2 Å². The third-order valence-electron chi connectivity index (χ3n) is 4.97. The molecule has 0 bridgehead atoms. The number of benzene rings is 2. The Labute approximate surface area is 164 Å². The van der Waals surface area contributed by atoms with E-state index in [-0.39, 0.29) is 11.3 Å². The maximum absolute atomic E-state index is 13.0. The average Bonchev–Trinajstić information content (AvgIpc) is 3.48. The molecule has 1 amide bonds. The molecule has 28 heavy (non-hydrogen) atoms. The SMILES string of the molecule is CCOc1cc(C(=O)N(C)CC2(c3ccccc3)CC2)ccc1OCC(=O)O. The number of carbonyl (C=O) groups is 2. The number of hydrogen-bond acceptors (Lipinski definition) is 4. The van der Waals surface area contributed by atoms with Crippen molar-refractivity contribution < 1.29 is 24.2 Å².